The quantitative estimate of drug-likeness (QED) is 0.413. The lowest BCUT2D eigenvalue weighted by atomic mass is 10.2. The molecule has 0 saturated carbocycles. The van der Waals surface area contributed by atoms with Crippen LogP contribution in [0.5, 0.6) is 5.75 Å². The zero-order valence-electron chi connectivity index (χ0n) is 17.3. The Labute approximate surface area is 188 Å². The van der Waals surface area contributed by atoms with Gasteiger partial charge in [-0.1, -0.05) is 12.1 Å². The monoisotopic (exact) mass is 451 g/mol. The standard InChI is InChI=1S/C22H21N5O4S/c1-31-14-8-6-13(7-9-14)24-20(29)22(30)27-11-10-17-18(12-27)32-21(26-17)19(28)25-16-5-3-2-4-15(16)23/h2-9H,10-12,23H2,1H3,(H,24,29)(H,25,28). The fraction of sp³-hybridized carbons (Fsp3) is 0.182. The second-order valence-corrected chi connectivity index (χ2v) is 8.17. The van der Waals surface area contributed by atoms with E-state index < -0.39 is 11.8 Å². The minimum atomic E-state index is -0.722. The first-order chi connectivity index (χ1) is 15.4. The number of nitrogens with two attached hydrogens (primary N) is 1. The highest BCUT2D eigenvalue weighted by molar-refractivity contribution is 7.13. The fourth-order valence-corrected chi connectivity index (χ4v) is 4.27. The smallest absolute Gasteiger partial charge is 0.313 e. The fourth-order valence-electron chi connectivity index (χ4n) is 3.26. The number of fused-ring (bicyclic) bond motifs is 1. The van der Waals surface area contributed by atoms with Gasteiger partial charge in [-0.3, -0.25) is 14.4 Å². The largest absolute Gasteiger partial charge is 0.497 e. The number of anilines is 3. The Morgan fingerprint density at radius 2 is 1.84 bits per heavy atom. The molecule has 0 radical (unpaired) electrons. The second-order valence-electron chi connectivity index (χ2n) is 7.09. The molecule has 2 heterocycles. The van der Waals surface area contributed by atoms with Crippen LogP contribution in [0.4, 0.5) is 17.1 Å². The highest BCUT2D eigenvalue weighted by Crippen LogP contribution is 2.27. The van der Waals surface area contributed by atoms with Crippen LogP contribution < -0.4 is 21.1 Å². The lowest BCUT2D eigenvalue weighted by Crippen LogP contribution is -2.42. The van der Waals surface area contributed by atoms with Crippen LogP contribution in [0.1, 0.15) is 20.4 Å². The third-order valence-corrected chi connectivity index (χ3v) is 6.04. The Balaban J connectivity index is 1.40. The molecule has 4 rings (SSSR count). The van der Waals surface area contributed by atoms with Crippen LogP contribution in [0.3, 0.4) is 0 Å². The molecule has 0 fully saturated rings. The maximum atomic E-state index is 12.6. The number of para-hydroxylation sites is 2. The van der Waals surface area contributed by atoms with Gasteiger partial charge >= 0.3 is 11.8 Å². The van der Waals surface area contributed by atoms with E-state index >= 15 is 0 Å². The van der Waals surface area contributed by atoms with Crippen LogP contribution in [0, 0.1) is 0 Å². The number of nitrogen functional groups attached to an aromatic ring is 1. The number of nitrogens with one attached hydrogen (secondary N) is 2. The normalized spacial score (nSPS) is 12.6. The number of nitrogens with zero attached hydrogens (tertiary/aromatic N) is 2. The molecular weight excluding hydrogens is 430 g/mol. The lowest BCUT2D eigenvalue weighted by Gasteiger charge is -2.25. The number of hydrogen-bond acceptors (Lipinski definition) is 7. The molecule has 0 saturated heterocycles. The van der Waals surface area contributed by atoms with Gasteiger partial charge in [0.2, 0.25) is 0 Å². The van der Waals surface area contributed by atoms with Crippen molar-refractivity contribution in [2.45, 2.75) is 13.0 Å². The Morgan fingerprint density at radius 3 is 2.56 bits per heavy atom. The van der Waals surface area contributed by atoms with Crippen molar-refractivity contribution in [3.05, 3.63) is 64.1 Å². The van der Waals surface area contributed by atoms with Crippen LogP contribution in [0.25, 0.3) is 0 Å². The molecule has 1 aliphatic heterocycles. The summed E-state index contributed by atoms with van der Waals surface area (Å²) < 4.78 is 5.08. The van der Waals surface area contributed by atoms with E-state index in [0.717, 1.165) is 10.6 Å². The summed E-state index contributed by atoms with van der Waals surface area (Å²) in [5.41, 5.74) is 8.11. The van der Waals surface area contributed by atoms with Crippen molar-refractivity contribution in [3.8, 4) is 5.75 Å². The Bertz CT molecular complexity index is 1180. The number of methoxy groups -OCH3 is 1. The van der Waals surface area contributed by atoms with Crippen LogP contribution in [0.15, 0.2) is 48.5 Å². The number of thiazole rings is 1. The van der Waals surface area contributed by atoms with Crippen molar-refractivity contribution in [1.82, 2.24) is 9.88 Å². The van der Waals surface area contributed by atoms with Gasteiger partial charge in [0, 0.05) is 23.5 Å². The van der Waals surface area contributed by atoms with Crippen molar-refractivity contribution in [2.75, 3.05) is 30.0 Å². The zero-order valence-corrected chi connectivity index (χ0v) is 18.1. The molecule has 10 heteroatoms. The first-order valence-electron chi connectivity index (χ1n) is 9.83. The van der Waals surface area contributed by atoms with E-state index in [1.807, 2.05) is 0 Å². The average molecular weight is 452 g/mol. The summed E-state index contributed by atoms with van der Waals surface area (Å²) in [7, 11) is 1.55. The molecule has 32 heavy (non-hydrogen) atoms. The summed E-state index contributed by atoms with van der Waals surface area (Å²) in [6.45, 7) is 0.570. The minimum Gasteiger partial charge on any atom is -0.497 e. The van der Waals surface area contributed by atoms with E-state index in [2.05, 4.69) is 15.6 Å². The maximum Gasteiger partial charge on any atom is 0.313 e. The Kier molecular flexibility index (Phi) is 6.04. The van der Waals surface area contributed by atoms with Gasteiger partial charge < -0.3 is 26.0 Å². The van der Waals surface area contributed by atoms with Crippen molar-refractivity contribution < 1.29 is 19.1 Å². The minimum absolute atomic E-state index is 0.225. The van der Waals surface area contributed by atoms with Gasteiger partial charge in [-0.2, -0.15) is 0 Å². The molecule has 0 aliphatic carbocycles. The molecule has 0 unspecified atom stereocenters. The number of ether oxygens (including phenoxy) is 1. The Morgan fingerprint density at radius 1 is 1.09 bits per heavy atom. The first kappa shape index (κ1) is 21.3. The molecule has 1 aliphatic rings. The molecule has 0 atom stereocenters. The molecule has 164 valence electrons. The van der Waals surface area contributed by atoms with Crippen LogP contribution in [0.2, 0.25) is 0 Å². The van der Waals surface area contributed by atoms with E-state index in [4.69, 9.17) is 10.5 Å². The van der Waals surface area contributed by atoms with E-state index in [9.17, 15) is 14.4 Å². The number of aromatic nitrogens is 1. The number of carbonyl (C=O) groups excluding carboxylic acids is 3. The van der Waals surface area contributed by atoms with Crippen LogP contribution in [-0.4, -0.2) is 41.3 Å². The molecule has 3 aromatic rings. The van der Waals surface area contributed by atoms with Gasteiger partial charge in [0.1, 0.15) is 5.75 Å². The molecule has 9 nitrogen and oxygen atoms in total. The summed E-state index contributed by atoms with van der Waals surface area (Å²) in [6, 6.07) is 13.7. The van der Waals surface area contributed by atoms with Gasteiger partial charge in [-0.05, 0) is 36.4 Å². The molecule has 1 aromatic heterocycles. The number of rotatable bonds is 4. The van der Waals surface area contributed by atoms with Gasteiger partial charge in [0.15, 0.2) is 5.01 Å². The molecule has 4 N–H and O–H groups in total. The number of hydrogen-bond donors (Lipinski definition) is 3. The second kappa shape index (κ2) is 9.06. The third-order valence-electron chi connectivity index (χ3n) is 4.96. The van der Waals surface area contributed by atoms with E-state index in [0.29, 0.717) is 35.8 Å². The van der Waals surface area contributed by atoms with Crippen molar-refractivity contribution in [1.29, 1.82) is 0 Å². The van der Waals surface area contributed by atoms with Crippen molar-refractivity contribution in [2.24, 2.45) is 0 Å². The molecule has 0 spiro atoms. The predicted octanol–water partition coefficient (Wildman–Crippen LogP) is 2.51. The molecule has 2 aromatic carbocycles. The van der Waals surface area contributed by atoms with E-state index in [1.54, 1.807) is 55.6 Å². The number of benzene rings is 2. The summed E-state index contributed by atoms with van der Waals surface area (Å²) in [6.07, 6.45) is 0.466. The van der Waals surface area contributed by atoms with Gasteiger partial charge in [0.25, 0.3) is 5.91 Å². The highest BCUT2D eigenvalue weighted by Gasteiger charge is 2.29. The summed E-state index contributed by atoms with van der Waals surface area (Å²) in [5, 5.41) is 5.64. The van der Waals surface area contributed by atoms with E-state index in [1.165, 1.54) is 16.2 Å². The highest BCUT2D eigenvalue weighted by atomic mass is 32.1. The third kappa shape index (κ3) is 4.54. The van der Waals surface area contributed by atoms with Crippen LogP contribution in [-0.2, 0) is 22.6 Å². The molecule has 3 amide bonds. The molecule has 0 bridgehead atoms. The van der Waals surface area contributed by atoms with Crippen molar-refractivity contribution >= 4 is 46.1 Å². The predicted molar refractivity (Wildman–Crippen MR) is 122 cm³/mol. The molecular formula is C22H21N5O4S. The maximum absolute atomic E-state index is 12.6. The van der Waals surface area contributed by atoms with Gasteiger partial charge in [0.05, 0.1) is 30.7 Å². The zero-order chi connectivity index (χ0) is 22.7. The van der Waals surface area contributed by atoms with Gasteiger partial charge in [-0.15, -0.1) is 11.3 Å². The topological polar surface area (TPSA) is 127 Å². The SMILES string of the molecule is COc1ccc(NC(=O)C(=O)N2CCc3nc(C(=O)Nc4ccccc4N)sc3C2)cc1. The first-order valence-corrected chi connectivity index (χ1v) is 10.6. The van der Waals surface area contributed by atoms with Crippen LogP contribution >= 0.6 is 11.3 Å². The van der Waals surface area contributed by atoms with E-state index in [-0.39, 0.29) is 17.5 Å². The van der Waals surface area contributed by atoms with Gasteiger partial charge in [-0.25, -0.2) is 4.98 Å². The lowest BCUT2D eigenvalue weighted by molar-refractivity contribution is -0.143. The summed E-state index contributed by atoms with van der Waals surface area (Å²) in [5.74, 6) is -1.07. The number of amides is 3. The summed E-state index contributed by atoms with van der Waals surface area (Å²) >= 11 is 1.21. The Hall–Kier alpha value is -3.92. The summed E-state index contributed by atoms with van der Waals surface area (Å²) in [4.78, 5) is 44.3. The van der Waals surface area contributed by atoms with Crippen molar-refractivity contribution in [3.63, 3.8) is 0 Å². The number of carbonyl (C=O) groups is 3. The average Bonchev–Trinajstić information content (AvgIpc) is 3.24.